The van der Waals surface area contributed by atoms with Gasteiger partial charge in [0.1, 0.15) is 0 Å². The van der Waals surface area contributed by atoms with Gasteiger partial charge in [-0.2, -0.15) is 11.8 Å². The number of thiophene rings is 1. The summed E-state index contributed by atoms with van der Waals surface area (Å²) < 4.78 is 0. The van der Waals surface area contributed by atoms with Crippen molar-refractivity contribution in [1.29, 1.82) is 0 Å². The van der Waals surface area contributed by atoms with Crippen LogP contribution in [0.5, 0.6) is 0 Å². The van der Waals surface area contributed by atoms with Gasteiger partial charge in [0, 0.05) is 35.9 Å². The maximum atomic E-state index is 12.5. The molecule has 2 aliphatic heterocycles. The van der Waals surface area contributed by atoms with Crippen LogP contribution in [0.2, 0.25) is 0 Å². The number of hydrogen-bond acceptors (Lipinski definition) is 5. The summed E-state index contributed by atoms with van der Waals surface area (Å²) >= 11 is 3.75. The number of likely N-dealkylation sites (tertiary alicyclic amines) is 1. The SMILES string of the molecule is O=C(NCc1cccnc1)c1ccc(C2CCCN2C2CCSCC2)s1. The molecule has 0 aromatic carbocycles. The van der Waals surface area contributed by atoms with Crippen molar-refractivity contribution in [3.8, 4) is 0 Å². The Labute approximate surface area is 163 Å². The molecule has 0 spiro atoms. The molecular formula is C20H25N3OS2. The molecule has 0 bridgehead atoms. The van der Waals surface area contributed by atoms with Crippen molar-refractivity contribution >= 4 is 29.0 Å². The lowest BCUT2D eigenvalue weighted by Crippen LogP contribution is -2.37. The summed E-state index contributed by atoms with van der Waals surface area (Å²) in [5, 5.41) is 3.01. The number of thioether (sulfide) groups is 1. The third-order valence-corrected chi connectivity index (χ3v) is 7.54. The molecule has 2 fully saturated rings. The smallest absolute Gasteiger partial charge is 0.261 e. The summed E-state index contributed by atoms with van der Waals surface area (Å²) in [5.41, 5.74) is 1.02. The zero-order valence-corrected chi connectivity index (χ0v) is 16.5. The molecule has 1 N–H and O–H groups in total. The Hall–Kier alpha value is -1.37. The first-order valence-electron chi connectivity index (χ1n) is 9.41. The van der Waals surface area contributed by atoms with Gasteiger partial charge in [0.05, 0.1) is 4.88 Å². The number of carbonyl (C=O) groups is 1. The molecule has 2 aromatic heterocycles. The van der Waals surface area contributed by atoms with E-state index in [2.05, 4.69) is 33.0 Å². The molecule has 6 heteroatoms. The second-order valence-corrected chi connectivity index (χ2v) is 9.33. The summed E-state index contributed by atoms with van der Waals surface area (Å²) in [6.45, 7) is 1.73. The van der Waals surface area contributed by atoms with Crippen LogP contribution >= 0.6 is 23.1 Å². The fourth-order valence-electron chi connectivity index (χ4n) is 3.97. The number of aromatic nitrogens is 1. The van der Waals surface area contributed by atoms with Crippen molar-refractivity contribution in [2.75, 3.05) is 18.1 Å². The van der Waals surface area contributed by atoms with Gasteiger partial charge in [0.15, 0.2) is 0 Å². The van der Waals surface area contributed by atoms with Crippen LogP contribution in [0, 0.1) is 0 Å². The van der Waals surface area contributed by atoms with Gasteiger partial charge in [-0.25, -0.2) is 0 Å². The normalized spacial score (nSPS) is 21.8. The highest BCUT2D eigenvalue weighted by Crippen LogP contribution is 2.39. The molecule has 2 aliphatic rings. The highest BCUT2D eigenvalue weighted by molar-refractivity contribution is 7.99. The van der Waals surface area contributed by atoms with Gasteiger partial charge in [-0.15, -0.1) is 11.3 Å². The topological polar surface area (TPSA) is 45.2 Å². The van der Waals surface area contributed by atoms with Crippen molar-refractivity contribution in [1.82, 2.24) is 15.2 Å². The van der Waals surface area contributed by atoms with Crippen LogP contribution in [0.4, 0.5) is 0 Å². The zero-order valence-electron chi connectivity index (χ0n) is 14.9. The fraction of sp³-hybridized carbons (Fsp3) is 0.500. The minimum atomic E-state index is 0.0173. The van der Waals surface area contributed by atoms with Crippen molar-refractivity contribution in [3.05, 3.63) is 52.0 Å². The minimum Gasteiger partial charge on any atom is -0.347 e. The molecule has 4 rings (SSSR count). The Morgan fingerprint density at radius 3 is 2.92 bits per heavy atom. The van der Waals surface area contributed by atoms with Gasteiger partial charge in [0.2, 0.25) is 0 Å². The second-order valence-electron chi connectivity index (χ2n) is 6.99. The summed E-state index contributed by atoms with van der Waals surface area (Å²) in [5.74, 6) is 2.60. The highest BCUT2D eigenvalue weighted by Gasteiger charge is 2.33. The first kappa shape index (κ1) is 18.0. The van der Waals surface area contributed by atoms with Crippen molar-refractivity contribution in [2.45, 2.75) is 44.3 Å². The summed E-state index contributed by atoms with van der Waals surface area (Å²) in [7, 11) is 0. The largest absolute Gasteiger partial charge is 0.347 e. The average Bonchev–Trinajstić information content (AvgIpc) is 3.37. The monoisotopic (exact) mass is 387 g/mol. The van der Waals surface area contributed by atoms with Crippen LogP contribution in [0.25, 0.3) is 0 Å². The number of nitrogens with zero attached hydrogens (tertiary/aromatic N) is 2. The fourth-order valence-corrected chi connectivity index (χ4v) is 6.14. The first-order chi connectivity index (χ1) is 12.8. The highest BCUT2D eigenvalue weighted by atomic mass is 32.2. The molecule has 2 saturated heterocycles. The van der Waals surface area contributed by atoms with E-state index >= 15 is 0 Å². The van der Waals surface area contributed by atoms with E-state index in [0.29, 0.717) is 12.6 Å². The van der Waals surface area contributed by atoms with E-state index in [1.165, 1.54) is 48.6 Å². The number of rotatable bonds is 5. The lowest BCUT2D eigenvalue weighted by atomic mass is 10.1. The first-order valence-corrected chi connectivity index (χ1v) is 11.4. The maximum Gasteiger partial charge on any atom is 0.261 e. The molecule has 0 saturated carbocycles. The molecule has 26 heavy (non-hydrogen) atoms. The molecule has 1 unspecified atom stereocenters. The number of amides is 1. The third-order valence-electron chi connectivity index (χ3n) is 5.31. The summed E-state index contributed by atoms with van der Waals surface area (Å²) in [4.78, 5) is 21.5. The number of carbonyl (C=O) groups excluding carboxylic acids is 1. The molecule has 1 atom stereocenters. The Morgan fingerprint density at radius 1 is 1.23 bits per heavy atom. The van der Waals surface area contributed by atoms with E-state index < -0.39 is 0 Å². The predicted molar refractivity (Wildman–Crippen MR) is 109 cm³/mol. The molecule has 2 aromatic rings. The Kier molecular flexibility index (Phi) is 5.92. The molecule has 4 nitrogen and oxygen atoms in total. The van der Waals surface area contributed by atoms with Gasteiger partial charge >= 0.3 is 0 Å². The van der Waals surface area contributed by atoms with Gasteiger partial charge in [-0.05, 0) is 67.5 Å². The Bertz CT molecular complexity index is 728. The van der Waals surface area contributed by atoms with Crippen LogP contribution in [0.1, 0.15) is 51.8 Å². The van der Waals surface area contributed by atoms with E-state index in [0.717, 1.165) is 16.5 Å². The number of pyridine rings is 1. The minimum absolute atomic E-state index is 0.0173. The lowest BCUT2D eigenvalue weighted by molar-refractivity contribution is 0.0955. The lowest BCUT2D eigenvalue weighted by Gasteiger charge is -2.35. The molecule has 0 radical (unpaired) electrons. The molecule has 4 heterocycles. The van der Waals surface area contributed by atoms with E-state index in [-0.39, 0.29) is 5.91 Å². The average molecular weight is 388 g/mol. The van der Waals surface area contributed by atoms with E-state index in [1.807, 2.05) is 18.2 Å². The summed E-state index contributed by atoms with van der Waals surface area (Å²) in [6.07, 6.45) is 8.65. The van der Waals surface area contributed by atoms with Crippen molar-refractivity contribution in [2.24, 2.45) is 0 Å². The van der Waals surface area contributed by atoms with E-state index in [4.69, 9.17) is 0 Å². The standard InChI is InChI=1S/C20H25N3OS2/c24-20(22-14-15-3-1-9-21-13-15)19-6-5-18(26-19)17-4-2-10-23(17)16-7-11-25-12-8-16/h1,3,5-6,9,13,16-17H,2,4,7-8,10-12,14H2,(H,22,24). The van der Waals surface area contributed by atoms with Gasteiger partial charge in [0.25, 0.3) is 5.91 Å². The Morgan fingerprint density at radius 2 is 2.12 bits per heavy atom. The van der Waals surface area contributed by atoms with Crippen LogP contribution in [0.15, 0.2) is 36.7 Å². The van der Waals surface area contributed by atoms with Gasteiger partial charge < -0.3 is 5.32 Å². The second kappa shape index (κ2) is 8.55. The van der Waals surface area contributed by atoms with Crippen LogP contribution < -0.4 is 5.32 Å². The summed E-state index contributed by atoms with van der Waals surface area (Å²) in [6, 6.07) is 9.27. The van der Waals surface area contributed by atoms with Crippen molar-refractivity contribution < 1.29 is 4.79 Å². The zero-order chi connectivity index (χ0) is 17.8. The van der Waals surface area contributed by atoms with Gasteiger partial charge in [-0.3, -0.25) is 14.7 Å². The molecule has 1 amide bonds. The maximum absolute atomic E-state index is 12.5. The van der Waals surface area contributed by atoms with Crippen molar-refractivity contribution in [3.63, 3.8) is 0 Å². The number of nitrogens with one attached hydrogen (secondary N) is 1. The van der Waals surface area contributed by atoms with E-state index in [1.54, 1.807) is 23.7 Å². The molecular weight excluding hydrogens is 362 g/mol. The van der Waals surface area contributed by atoms with Crippen LogP contribution in [-0.2, 0) is 6.54 Å². The molecule has 138 valence electrons. The third kappa shape index (κ3) is 4.13. The molecule has 0 aliphatic carbocycles. The van der Waals surface area contributed by atoms with E-state index in [9.17, 15) is 4.79 Å². The quantitative estimate of drug-likeness (QED) is 0.839. The Balaban J connectivity index is 1.39. The van der Waals surface area contributed by atoms with Crippen LogP contribution in [-0.4, -0.2) is 39.9 Å². The van der Waals surface area contributed by atoms with Crippen LogP contribution in [0.3, 0.4) is 0 Å². The van der Waals surface area contributed by atoms with Gasteiger partial charge in [-0.1, -0.05) is 6.07 Å². The number of hydrogen-bond donors (Lipinski definition) is 1. The predicted octanol–water partition coefficient (Wildman–Crippen LogP) is 4.11.